The summed E-state index contributed by atoms with van der Waals surface area (Å²) in [6.07, 6.45) is 3.55. The summed E-state index contributed by atoms with van der Waals surface area (Å²) in [7, 11) is 1.89. The molecule has 1 amide bonds. The number of amides is 1. The van der Waals surface area contributed by atoms with Gasteiger partial charge in [-0.1, -0.05) is 24.3 Å². The van der Waals surface area contributed by atoms with Gasteiger partial charge in [-0.3, -0.25) is 14.7 Å². The number of carbonyl (C=O) groups excluding carboxylic acids is 1. The molecule has 6 nitrogen and oxygen atoms in total. The van der Waals surface area contributed by atoms with Gasteiger partial charge in [0.25, 0.3) is 0 Å². The maximum atomic E-state index is 12.7. The smallest absolute Gasteiger partial charge is 0.239 e. The molecule has 3 fully saturated rings. The van der Waals surface area contributed by atoms with Gasteiger partial charge in [0.2, 0.25) is 5.91 Å². The lowest BCUT2D eigenvalue weighted by atomic mass is 10.0. The number of aliphatic imine (C=N–C) groups is 1. The van der Waals surface area contributed by atoms with Crippen LogP contribution < -0.4 is 5.32 Å². The predicted octanol–water partition coefficient (Wildman–Crippen LogP) is 2.39. The van der Waals surface area contributed by atoms with Gasteiger partial charge in [-0.05, 0) is 55.1 Å². The monoisotopic (exact) mass is 537 g/mol. The van der Waals surface area contributed by atoms with Crippen LogP contribution >= 0.6 is 24.0 Å². The minimum atomic E-state index is -0.00821. The summed E-state index contributed by atoms with van der Waals surface area (Å²) in [5.74, 6) is 3.65. The van der Waals surface area contributed by atoms with Gasteiger partial charge < -0.3 is 15.1 Å². The Labute approximate surface area is 203 Å². The minimum absolute atomic E-state index is 0. The Hall–Kier alpha value is -1.35. The van der Waals surface area contributed by atoms with E-state index in [2.05, 4.69) is 51.3 Å². The first kappa shape index (κ1) is 22.8. The second kappa shape index (κ2) is 9.65. The van der Waals surface area contributed by atoms with E-state index in [4.69, 9.17) is 0 Å². The van der Waals surface area contributed by atoms with Gasteiger partial charge in [0.15, 0.2) is 5.96 Å². The first-order valence-electron chi connectivity index (χ1n) is 11.7. The van der Waals surface area contributed by atoms with Crippen LogP contribution in [0.3, 0.4) is 0 Å². The minimum Gasteiger partial charge on any atom is -0.356 e. The largest absolute Gasteiger partial charge is 0.356 e. The van der Waals surface area contributed by atoms with Gasteiger partial charge in [-0.15, -0.1) is 24.0 Å². The molecule has 4 aliphatic rings. The van der Waals surface area contributed by atoms with Crippen LogP contribution in [0.2, 0.25) is 0 Å². The molecule has 5 rings (SSSR count). The van der Waals surface area contributed by atoms with E-state index >= 15 is 0 Å². The number of rotatable bonds is 4. The molecule has 31 heavy (non-hydrogen) atoms. The van der Waals surface area contributed by atoms with Crippen LogP contribution in [0.5, 0.6) is 0 Å². The number of carbonyl (C=O) groups is 1. The van der Waals surface area contributed by atoms with Crippen molar-refractivity contribution in [3.63, 3.8) is 0 Å². The highest BCUT2D eigenvalue weighted by atomic mass is 127. The molecule has 1 N–H and O–H groups in total. The summed E-state index contributed by atoms with van der Waals surface area (Å²) in [6, 6.07) is 8.94. The molecule has 7 heteroatoms. The third-order valence-electron chi connectivity index (χ3n) is 7.85. The van der Waals surface area contributed by atoms with Gasteiger partial charge in [0.05, 0.1) is 6.04 Å². The van der Waals surface area contributed by atoms with Crippen molar-refractivity contribution >= 4 is 35.8 Å². The van der Waals surface area contributed by atoms with Crippen molar-refractivity contribution in [2.45, 2.75) is 38.1 Å². The van der Waals surface area contributed by atoms with Crippen molar-refractivity contribution in [1.29, 1.82) is 0 Å². The number of guanidine groups is 1. The summed E-state index contributed by atoms with van der Waals surface area (Å²) in [5, 5.41) is 3.65. The molecule has 4 atom stereocenters. The second-order valence-electron chi connectivity index (χ2n) is 9.42. The van der Waals surface area contributed by atoms with Gasteiger partial charge in [-0.25, -0.2) is 0 Å². The van der Waals surface area contributed by atoms with E-state index in [1.54, 1.807) is 11.1 Å². The molecule has 0 radical (unpaired) electrons. The maximum Gasteiger partial charge on any atom is 0.239 e. The Morgan fingerprint density at radius 2 is 1.81 bits per heavy atom. The lowest BCUT2D eigenvalue weighted by Crippen LogP contribution is -2.57. The predicted molar refractivity (Wildman–Crippen MR) is 135 cm³/mol. The fourth-order valence-electron chi connectivity index (χ4n) is 5.98. The van der Waals surface area contributed by atoms with Crippen LogP contribution in [0.1, 0.15) is 36.8 Å². The second-order valence-corrected chi connectivity index (χ2v) is 9.42. The van der Waals surface area contributed by atoms with E-state index < -0.39 is 0 Å². The van der Waals surface area contributed by atoms with Crippen molar-refractivity contribution < 1.29 is 4.79 Å². The molecule has 1 aromatic carbocycles. The van der Waals surface area contributed by atoms with Crippen LogP contribution in [0, 0.1) is 11.8 Å². The fourth-order valence-corrected chi connectivity index (χ4v) is 5.98. The SMILES string of the molecule is CN=C(NCC1C2Cc3ccccc3C12)N1CCN(C(C)C(=O)N2CCCC2)CC1.I. The number of piperazine rings is 1. The van der Waals surface area contributed by atoms with Crippen LogP contribution in [0.15, 0.2) is 29.3 Å². The number of nitrogens with one attached hydrogen (secondary N) is 1. The molecule has 1 aromatic rings. The van der Waals surface area contributed by atoms with E-state index in [1.807, 2.05) is 11.9 Å². The normalized spacial score (nSPS) is 28.6. The van der Waals surface area contributed by atoms with Gasteiger partial charge >= 0.3 is 0 Å². The van der Waals surface area contributed by atoms with E-state index in [1.165, 1.54) is 6.42 Å². The first-order valence-corrected chi connectivity index (χ1v) is 11.7. The molecule has 2 saturated heterocycles. The van der Waals surface area contributed by atoms with Crippen LogP contribution in [-0.2, 0) is 11.2 Å². The maximum absolute atomic E-state index is 12.7. The van der Waals surface area contributed by atoms with E-state index in [0.717, 1.165) is 82.4 Å². The van der Waals surface area contributed by atoms with E-state index in [-0.39, 0.29) is 30.0 Å². The van der Waals surface area contributed by atoms with Crippen molar-refractivity contribution in [2.24, 2.45) is 16.8 Å². The molecule has 170 valence electrons. The van der Waals surface area contributed by atoms with Crippen molar-refractivity contribution in [3.05, 3.63) is 35.4 Å². The lowest BCUT2D eigenvalue weighted by Gasteiger charge is -2.39. The Kier molecular flexibility index (Phi) is 7.10. The Bertz CT molecular complexity index is 816. The zero-order valence-electron chi connectivity index (χ0n) is 18.8. The fraction of sp³-hybridized carbons (Fsp3) is 0.667. The third-order valence-corrected chi connectivity index (χ3v) is 7.85. The van der Waals surface area contributed by atoms with Crippen LogP contribution in [0.25, 0.3) is 0 Å². The van der Waals surface area contributed by atoms with Crippen molar-refractivity contribution in [3.8, 4) is 0 Å². The number of nitrogens with zero attached hydrogens (tertiary/aromatic N) is 4. The van der Waals surface area contributed by atoms with E-state index in [9.17, 15) is 4.79 Å². The average Bonchev–Trinajstić information content (AvgIpc) is 3.15. The van der Waals surface area contributed by atoms with Gasteiger partial charge in [0, 0.05) is 52.9 Å². The Balaban J connectivity index is 0.00000231. The quantitative estimate of drug-likeness (QED) is 0.364. The molecule has 4 unspecified atom stereocenters. The summed E-state index contributed by atoms with van der Waals surface area (Å²) in [6.45, 7) is 8.66. The Morgan fingerprint density at radius 1 is 1.10 bits per heavy atom. The highest BCUT2D eigenvalue weighted by molar-refractivity contribution is 14.0. The molecule has 0 spiro atoms. The zero-order chi connectivity index (χ0) is 20.7. The Morgan fingerprint density at radius 3 is 2.52 bits per heavy atom. The van der Waals surface area contributed by atoms with E-state index in [0.29, 0.717) is 5.91 Å². The molecular formula is C24H36IN5O. The highest BCUT2D eigenvalue weighted by Crippen LogP contribution is 2.60. The number of likely N-dealkylation sites (tertiary alicyclic amines) is 1. The molecular weight excluding hydrogens is 501 g/mol. The summed E-state index contributed by atoms with van der Waals surface area (Å²) >= 11 is 0. The summed E-state index contributed by atoms with van der Waals surface area (Å²) < 4.78 is 0. The molecule has 2 aliphatic heterocycles. The van der Waals surface area contributed by atoms with Crippen LogP contribution in [-0.4, -0.2) is 85.5 Å². The van der Waals surface area contributed by atoms with Crippen LogP contribution in [0.4, 0.5) is 0 Å². The average molecular weight is 537 g/mol. The van der Waals surface area contributed by atoms with Gasteiger partial charge in [0.1, 0.15) is 0 Å². The number of hydrogen-bond acceptors (Lipinski definition) is 3. The van der Waals surface area contributed by atoms with Crippen molar-refractivity contribution in [1.82, 2.24) is 20.0 Å². The molecule has 0 bridgehead atoms. The number of fused-ring (bicyclic) bond motifs is 3. The summed E-state index contributed by atoms with van der Waals surface area (Å²) in [4.78, 5) is 24.0. The molecule has 0 aromatic heterocycles. The number of halogens is 1. The first-order chi connectivity index (χ1) is 14.7. The third kappa shape index (κ3) is 4.45. The molecule has 1 saturated carbocycles. The molecule has 2 aliphatic carbocycles. The zero-order valence-corrected chi connectivity index (χ0v) is 21.1. The summed E-state index contributed by atoms with van der Waals surface area (Å²) in [5.41, 5.74) is 3.14. The lowest BCUT2D eigenvalue weighted by molar-refractivity contribution is -0.135. The number of benzene rings is 1. The standard InChI is InChI=1S/C24H35N5O.HI/c1-17(23(30)28-9-5-6-10-28)27-11-13-29(14-12-27)24(25-2)26-16-21-20-15-18-7-3-4-8-19(18)22(20)21;/h3-4,7-8,17,20-22H,5-6,9-16H2,1-2H3,(H,25,26);1H. The number of hydrogen-bond donors (Lipinski definition) is 1. The highest BCUT2D eigenvalue weighted by Gasteiger charge is 2.55. The van der Waals surface area contributed by atoms with Crippen molar-refractivity contribution in [2.75, 3.05) is 52.9 Å². The molecule has 2 heterocycles. The topological polar surface area (TPSA) is 51.2 Å². The van der Waals surface area contributed by atoms with Gasteiger partial charge in [-0.2, -0.15) is 0 Å².